The molecule has 0 aromatic heterocycles. The molecule has 5 nitrogen and oxygen atoms in total. The number of ether oxygens (including phenoxy) is 2. The van der Waals surface area contributed by atoms with E-state index in [2.05, 4.69) is 22.2 Å². The quantitative estimate of drug-likeness (QED) is 0.164. The van der Waals surface area contributed by atoms with Crippen LogP contribution in [0.15, 0.2) is 17.6 Å². The van der Waals surface area contributed by atoms with Gasteiger partial charge in [-0.1, -0.05) is 6.08 Å². The first-order valence-electron chi connectivity index (χ1n) is 8.15. The molecule has 0 aliphatic carbocycles. The van der Waals surface area contributed by atoms with Crippen molar-refractivity contribution in [3.05, 3.63) is 12.7 Å². The summed E-state index contributed by atoms with van der Waals surface area (Å²) in [6.45, 7) is 8.96. The highest BCUT2D eigenvalue weighted by Gasteiger charge is 2.13. The Morgan fingerprint density at radius 3 is 2.78 bits per heavy atom. The lowest BCUT2D eigenvalue weighted by Gasteiger charge is -2.21. The second-order valence-electron chi connectivity index (χ2n) is 5.27. The van der Waals surface area contributed by atoms with Gasteiger partial charge in [-0.2, -0.15) is 11.8 Å². The van der Waals surface area contributed by atoms with Crippen molar-refractivity contribution in [2.45, 2.75) is 19.3 Å². The van der Waals surface area contributed by atoms with Crippen molar-refractivity contribution in [1.82, 2.24) is 10.6 Å². The number of thioether (sulfide) groups is 1. The fraction of sp³-hybridized carbons (Fsp3) is 0.812. The van der Waals surface area contributed by atoms with Gasteiger partial charge < -0.3 is 20.1 Å². The predicted octanol–water partition coefficient (Wildman–Crippen LogP) is 2.52. The molecule has 0 atom stereocenters. The Hall–Kier alpha value is 0.01000. The Bertz CT molecular complexity index is 314. The molecule has 1 fully saturated rings. The first-order chi connectivity index (χ1) is 10.9. The maximum Gasteiger partial charge on any atom is 0.191 e. The Morgan fingerprint density at radius 2 is 2.09 bits per heavy atom. The van der Waals surface area contributed by atoms with E-state index in [1.807, 2.05) is 17.8 Å². The van der Waals surface area contributed by atoms with Crippen molar-refractivity contribution in [1.29, 1.82) is 0 Å². The number of nitrogens with zero attached hydrogens (tertiary/aromatic N) is 1. The van der Waals surface area contributed by atoms with Gasteiger partial charge in [0, 0.05) is 58.1 Å². The lowest BCUT2D eigenvalue weighted by atomic mass is 10.0. The molecule has 0 radical (unpaired) electrons. The molecule has 23 heavy (non-hydrogen) atoms. The number of hydrogen-bond donors (Lipinski definition) is 2. The monoisotopic (exact) mass is 457 g/mol. The number of hydrogen-bond acceptors (Lipinski definition) is 4. The second-order valence-corrected chi connectivity index (χ2v) is 6.42. The molecule has 1 aliphatic heterocycles. The molecule has 2 N–H and O–H groups in total. The van der Waals surface area contributed by atoms with Crippen LogP contribution in [-0.2, 0) is 9.47 Å². The molecular weight excluding hydrogens is 425 g/mol. The largest absolute Gasteiger partial charge is 0.381 e. The van der Waals surface area contributed by atoms with Gasteiger partial charge in [0.1, 0.15) is 0 Å². The van der Waals surface area contributed by atoms with Crippen LogP contribution in [0.1, 0.15) is 19.3 Å². The summed E-state index contributed by atoms with van der Waals surface area (Å²) in [5.74, 6) is 3.60. The van der Waals surface area contributed by atoms with Gasteiger partial charge in [-0.25, -0.2) is 0 Å². The van der Waals surface area contributed by atoms with Gasteiger partial charge in [0.05, 0.1) is 0 Å². The Labute approximate surface area is 162 Å². The van der Waals surface area contributed by atoms with E-state index in [1.54, 1.807) is 7.05 Å². The van der Waals surface area contributed by atoms with E-state index in [9.17, 15) is 0 Å². The highest BCUT2D eigenvalue weighted by Crippen LogP contribution is 2.14. The minimum atomic E-state index is 0. The molecule has 0 unspecified atom stereocenters. The van der Waals surface area contributed by atoms with E-state index in [-0.39, 0.29) is 24.0 Å². The summed E-state index contributed by atoms with van der Waals surface area (Å²) < 4.78 is 11.1. The Kier molecular flexibility index (Phi) is 16.9. The molecule has 1 aliphatic rings. The SMILES string of the molecule is C=CCSCCNC(=NC)NCCCOCC1CCOCC1.I. The molecule has 0 spiro atoms. The number of nitrogens with one attached hydrogen (secondary N) is 2. The normalized spacial score (nSPS) is 15.8. The summed E-state index contributed by atoms with van der Waals surface area (Å²) >= 11 is 1.86. The zero-order valence-corrected chi connectivity index (χ0v) is 17.4. The average molecular weight is 457 g/mol. The minimum absolute atomic E-state index is 0. The van der Waals surface area contributed by atoms with Crippen LogP contribution in [0.25, 0.3) is 0 Å². The van der Waals surface area contributed by atoms with Crippen LogP contribution in [0, 0.1) is 5.92 Å². The molecule has 7 heteroatoms. The highest BCUT2D eigenvalue weighted by molar-refractivity contribution is 14.0. The van der Waals surface area contributed by atoms with E-state index >= 15 is 0 Å². The molecule has 0 bridgehead atoms. The van der Waals surface area contributed by atoms with Crippen molar-refractivity contribution < 1.29 is 9.47 Å². The van der Waals surface area contributed by atoms with Gasteiger partial charge >= 0.3 is 0 Å². The van der Waals surface area contributed by atoms with Gasteiger partial charge in [0.15, 0.2) is 5.96 Å². The van der Waals surface area contributed by atoms with E-state index in [0.717, 1.165) is 76.2 Å². The molecule has 0 amide bonds. The van der Waals surface area contributed by atoms with Crippen LogP contribution in [-0.4, -0.2) is 64.0 Å². The summed E-state index contributed by atoms with van der Waals surface area (Å²) in [6, 6.07) is 0. The Morgan fingerprint density at radius 1 is 1.35 bits per heavy atom. The summed E-state index contributed by atoms with van der Waals surface area (Å²) in [5, 5.41) is 6.61. The van der Waals surface area contributed by atoms with Gasteiger partial charge in [-0.3, -0.25) is 4.99 Å². The fourth-order valence-corrected chi connectivity index (χ4v) is 2.75. The maximum absolute atomic E-state index is 5.75. The van der Waals surface area contributed by atoms with Crippen LogP contribution in [0.3, 0.4) is 0 Å². The smallest absolute Gasteiger partial charge is 0.191 e. The Balaban J connectivity index is 0.00000484. The summed E-state index contributed by atoms with van der Waals surface area (Å²) in [6.07, 6.45) is 5.20. The first kappa shape index (κ1) is 23.0. The molecule has 0 aromatic carbocycles. The second kappa shape index (κ2) is 16.9. The predicted molar refractivity (Wildman–Crippen MR) is 111 cm³/mol. The number of guanidine groups is 1. The fourth-order valence-electron chi connectivity index (χ4n) is 2.17. The van der Waals surface area contributed by atoms with E-state index < -0.39 is 0 Å². The molecule has 1 saturated heterocycles. The minimum Gasteiger partial charge on any atom is -0.381 e. The van der Waals surface area contributed by atoms with Crippen LogP contribution in [0.5, 0.6) is 0 Å². The van der Waals surface area contributed by atoms with Gasteiger partial charge in [0.25, 0.3) is 0 Å². The molecule has 1 heterocycles. The van der Waals surface area contributed by atoms with Crippen molar-refractivity contribution in [2.75, 3.05) is 58.1 Å². The van der Waals surface area contributed by atoms with Crippen molar-refractivity contribution in [2.24, 2.45) is 10.9 Å². The summed E-state index contributed by atoms with van der Waals surface area (Å²) in [5.41, 5.74) is 0. The van der Waals surface area contributed by atoms with E-state index in [0.29, 0.717) is 5.92 Å². The number of halogens is 1. The zero-order chi connectivity index (χ0) is 15.9. The number of rotatable bonds is 11. The zero-order valence-electron chi connectivity index (χ0n) is 14.2. The van der Waals surface area contributed by atoms with Gasteiger partial charge in [0.2, 0.25) is 0 Å². The molecule has 0 aromatic rings. The first-order valence-corrected chi connectivity index (χ1v) is 9.31. The lowest BCUT2D eigenvalue weighted by Crippen LogP contribution is -2.39. The van der Waals surface area contributed by atoms with Crippen molar-refractivity contribution in [3.8, 4) is 0 Å². The maximum atomic E-state index is 5.75. The lowest BCUT2D eigenvalue weighted by molar-refractivity contribution is 0.0203. The van der Waals surface area contributed by atoms with E-state index in [1.165, 1.54) is 0 Å². The number of aliphatic imine (C=N–C) groups is 1. The third kappa shape index (κ3) is 13.0. The molecule has 1 rings (SSSR count). The van der Waals surface area contributed by atoms with Crippen LogP contribution < -0.4 is 10.6 Å². The van der Waals surface area contributed by atoms with Gasteiger partial charge in [-0.15, -0.1) is 30.6 Å². The molecule has 0 saturated carbocycles. The molecular formula is C16H32IN3O2S. The van der Waals surface area contributed by atoms with E-state index in [4.69, 9.17) is 9.47 Å². The molecule has 136 valence electrons. The van der Waals surface area contributed by atoms with Crippen LogP contribution >= 0.6 is 35.7 Å². The summed E-state index contributed by atoms with van der Waals surface area (Å²) in [4.78, 5) is 4.21. The van der Waals surface area contributed by atoms with Gasteiger partial charge in [-0.05, 0) is 25.2 Å². The average Bonchev–Trinajstić information content (AvgIpc) is 2.56. The third-order valence-electron chi connectivity index (χ3n) is 3.45. The topological polar surface area (TPSA) is 54.9 Å². The van der Waals surface area contributed by atoms with Crippen molar-refractivity contribution in [3.63, 3.8) is 0 Å². The summed E-state index contributed by atoms with van der Waals surface area (Å²) in [7, 11) is 1.80. The third-order valence-corrected chi connectivity index (χ3v) is 4.41. The van der Waals surface area contributed by atoms with Crippen molar-refractivity contribution >= 4 is 41.7 Å². The standard InChI is InChI=1S/C16H31N3O2S.HI/c1-3-12-22-13-8-19-16(17-2)18-7-4-9-21-14-15-5-10-20-11-6-15;/h3,15H,1,4-14H2,2H3,(H2,17,18,19);1H. The highest BCUT2D eigenvalue weighted by atomic mass is 127. The van der Waals surface area contributed by atoms with Crippen LogP contribution in [0.2, 0.25) is 0 Å². The van der Waals surface area contributed by atoms with Crippen LogP contribution in [0.4, 0.5) is 0 Å².